The van der Waals surface area contributed by atoms with Gasteiger partial charge in [0.15, 0.2) is 12.0 Å². The minimum Gasteiger partial charge on any atom is -0.493 e. The molecule has 0 aromatic heterocycles. The van der Waals surface area contributed by atoms with Crippen molar-refractivity contribution < 1.29 is 14.2 Å². The summed E-state index contributed by atoms with van der Waals surface area (Å²) in [5, 5.41) is 0. The van der Waals surface area contributed by atoms with Crippen LogP contribution in [0.5, 0.6) is 5.75 Å². The molecule has 5 heterocycles. The number of nitrogens with zero attached hydrogens (tertiary/aromatic N) is 1. The highest BCUT2D eigenvalue weighted by Crippen LogP contribution is 2.56. The lowest BCUT2D eigenvalue weighted by atomic mass is 9.88. The maximum Gasteiger partial charge on any atom is 0.166 e. The van der Waals surface area contributed by atoms with Crippen LogP contribution in [-0.2, 0) is 21.6 Å². The van der Waals surface area contributed by atoms with Gasteiger partial charge >= 0.3 is 0 Å². The number of fused-ring (bicyclic) bond motifs is 1. The molecule has 4 fully saturated rings. The van der Waals surface area contributed by atoms with E-state index in [1.807, 2.05) is 0 Å². The third kappa shape index (κ3) is 2.54. The number of hydrogen-bond acceptors (Lipinski definition) is 4. The summed E-state index contributed by atoms with van der Waals surface area (Å²) in [5.74, 6) is 1.45. The molecule has 2 aromatic carbocycles. The fourth-order valence-corrected chi connectivity index (χ4v) is 5.14. The second kappa shape index (κ2) is 6.49. The van der Waals surface area contributed by atoms with E-state index in [0.717, 1.165) is 44.6 Å². The first-order valence-corrected chi connectivity index (χ1v) is 9.75. The molecule has 4 saturated heterocycles. The van der Waals surface area contributed by atoms with E-state index in [2.05, 4.69) is 53.4 Å². The van der Waals surface area contributed by atoms with E-state index >= 15 is 0 Å². The summed E-state index contributed by atoms with van der Waals surface area (Å²) in [6, 6.07) is 17.4. The Morgan fingerprint density at radius 1 is 1.07 bits per heavy atom. The standard InChI is InChI=1S/C22H23NO3.ClH/c1-2-5-15(6-3-1)18-10-11-23-21(18)25-20-14-22(23,26-20)17-9-8-16-7-4-12-24-19(16)13-17;/h1-3,5-6,8-9,13,18,20-21H,4,7,10-12,14H2;1H. The predicted octanol–water partition coefficient (Wildman–Crippen LogP) is 4.18. The highest BCUT2D eigenvalue weighted by atomic mass is 35.5. The second-order valence-electron chi connectivity index (χ2n) is 7.84. The van der Waals surface area contributed by atoms with Gasteiger partial charge in [-0.2, -0.15) is 0 Å². The normalized spacial score (nSPS) is 33.9. The Bertz CT molecular complexity index is 837. The molecule has 2 aromatic rings. The van der Waals surface area contributed by atoms with E-state index in [4.69, 9.17) is 14.2 Å². The van der Waals surface area contributed by atoms with Crippen LogP contribution in [0.3, 0.4) is 0 Å². The zero-order valence-electron chi connectivity index (χ0n) is 15.2. The summed E-state index contributed by atoms with van der Waals surface area (Å²) in [6.07, 6.45) is 4.24. The maximum atomic E-state index is 6.29. The van der Waals surface area contributed by atoms with Gasteiger partial charge < -0.3 is 14.2 Å². The van der Waals surface area contributed by atoms with Crippen molar-refractivity contribution in [1.29, 1.82) is 0 Å². The van der Waals surface area contributed by atoms with Gasteiger partial charge in [0.25, 0.3) is 0 Å². The van der Waals surface area contributed by atoms with Gasteiger partial charge in [0, 0.05) is 24.4 Å². The average molecular weight is 386 g/mol. The molecule has 4 atom stereocenters. The molecule has 0 spiro atoms. The molecule has 5 aliphatic heterocycles. The highest BCUT2D eigenvalue weighted by Gasteiger charge is 2.62. The minimum atomic E-state index is -0.340. The Labute approximate surface area is 165 Å². The number of halogens is 1. The molecule has 0 saturated carbocycles. The molecule has 4 unspecified atom stereocenters. The van der Waals surface area contributed by atoms with Crippen LogP contribution < -0.4 is 4.74 Å². The Kier molecular flexibility index (Phi) is 4.21. The van der Waals surface area contributed by atoms with Crippen molar-refractivity contribution in [3.05, 3.63) is 65.2 Å². The van der Waals surface area contributed by atoms with Gasteiger partial charge in [0.05, 0.1) is 6.61 Å². The van der Waals surface area contributed by atoms with Crippen LogP contribution in [0.1, 0.15) is 41.9 Å². The van der Waals surface area contributed by atoms with Crippen molar-refractivity contribution in [3.8, 4) is 5.75 Å². The van der Waals surface area contributed by atoms with Gasteiger partial charge in [-0.3, -0.25) is 0 Å². The van der Waals surface area contributed by atoms with Crippen LogP contribution in [-0.4, -0.2) is 30.6 Å². The molecule has 0 aliphatic carbocycles. The van der Waals surface area contributed by atoms with E-state index < -0.39 is 0 Å². The maximum absolute atomic E-state index is 6.29. The van der Waals surface area contributed by atoms with Crippen LogP contribution in [0, 0.1) is 0 Å². The predicted molar refractivity (Wildman–Crippen MR) is 104 cm³/mol. The van der Waals surface area contributed by atoms with Crippen molar-refractivity contribution in [3.63, 3.8) is 0 Å². The molecule has 5 aliphatic rings. The van der Waals surface area contributed by atoms with Gasteiger partial charge in [0.1, 0.15) is 12.0 Å². The Morgan fingerprint density at radius 2 is 1.93 bits per heavy atom. The number of rotatable bonds is 2. The summed E-state index contributed by atoms with van der Waals surface area (Å²) in [5.41, 5.74) is 3.56. The molecule has 0 N–H and O–H groups in total. The van der Waals surface area contributed by atoms with E-state index in [-0.39, 0.29) is 30.6 Å². The minimum absolute atomic E-state index is 0. The second-order valence-corrected chi connectivity index (χ2v) is 7.84. The lowest BCUT2D eigenvalue weighted by Crippen LogP contribution is -2.68. The van der Waals surface area contributed by atoms with Gasteiger partial charge in [-0.05, 0) is 36.5 Å². The first kappa shape index (κ1) is 17.5. The summed E-state index contributed by atoms with van der Waals surface area (Å²) in [6.45, 7) is 1.81. The van der Waals surface area contributed by atoms with E-state index in [1.54, 1.807) is 0 Å². The van der Waals surface area contributed by atoms with Gasteiger partial charge in [-0.1, -0.05) is 42.5 Å². The van der Waals surface area contributed by atoms with Crippen molar-refractivity contribution >= 4 is 12.4 Å². The van der Waals surface area contributed by atoms with Crippen LogP contribution in [0.15, 0.2) is 48.5 Å². The quantitative estimate of drug-likeness (QED) is 0.776. The number of benzene rings is 2. The van der Waals surface area contributed by atoms with Crippen molar-refractivity contribution in [2.24, 2.45) is 0 Å². The first-order chi connectivity index (χ1) is 12.8. The molecule has 5 heteroatoms. The monoisotopic (exact) mass is 385 g/mol. The fourth-order valence-electron chi connectivity index (χ4n) is 5.14. The number of aryl methyl sites for hydroxylation is 1. The third-order valence-electron chi connectivity index (χ3n) is 6.45. The Hall–Kier alpha value is -1.59. The molecule has 7 rings (SSSR count). The molecule has 142 valence electrons. The smallest absolute Gasteiger partial charge is 0.166 e. The molecule has 4 nitrogen and oxygen atoms in total. The molecule has 0 radical (unpaired) electrons. The summed E-state index contributed by atoms with van der Waals surface area (Å²) in [4.78, 5) is 2.44. The molecular weight excluding hydrogens is 362 g/mol. The van der Waals surface area contributed by atoms with Crippen molar-refractivity contribution in [2.75, 3.05) is 13.2 Å². The zero-order chi connectivity index (χ0) is 17.1. The summed E-state index contributed by atoms with van der Waals surface area (Å²) < 4.78 is 18.5. The van der Waals surface area contributed by atoms with Crippen LogP contribution >= 0.6 is 12.4 Å². The SMILES string of the molecule is Cl.c1ccc(C2CCN3C2OC2CC3(c3ccc4c(c3)OCCC4)O2)cc1. The van der Waals surface area contributed by atoms with Crippen LogP contribution in [0.4, 0.5) is 0 Å². The van der Waals surface area contributed by atoms with Gasteiger partial charge in [-0.25, -0.2) is 4.90 Å². The molecule has 2 bridgehead atoms. The fraction of sp³-hybridized carbons (Fsp3) is 0.455. The summed E-state index contributed by atoms with van der Waals surface area (Å²) >= 11 is 0. The molecule has 0 amide bonds. The Balaban J connectivity index is 0.00000160. The van der Waals surface area contributed by atoms with Gasteiger partial charge in [0.2, 0.25) is 0 Å². The number of hydrogen-bond donors (Lipinski definition) is 0. The van der Waals surface area contributed by atoms with Crippen molar-refractivity contribution in [2.45, 2.75) is 49.8 Å². The highest BCUT2D eigenvalue weighted by molar-refractivity contribution is 5.85. The van der Waals surface area contributed by atoms with E-state index in [0.29, 0.717) is 5.92 Å². The largest absolute Gasteiger partial charge is 0.493 e. The first-order valence-electron chi connectivity index (χ1n) is 9.75. The third-order valence-corrected chi connectivity index (χ3v) is 6.45. The van der Waals surface area contributed by atoms with Crippen LogP contribution in [0.2, 0.25) is 0 Å². The lowest BCUT2D eigenvalue weighted by Gasteiger charge is -2.60. The van der Waals surface area contributed by atoms with E-state index in [9.17, 15) is 0 Å². The lowest BCUT2D eigenvalue weighted by molar-refractivity contribution is -0.449. The van der Waals surface area contributed by atoms with Gasteiger partial charge in [-0.15, -0.1) is 12.4 Å². The Morgan fingerprint density at radius 3 is 2.78 bits per heavy atom. The van der Waals surface area contributed by atoms with Crippen LogP contribution in [0.25, 0.3) is 0 Å². The molecular formula is C22H24ClNO3. The zero-order valence-corrected chi connectivity index (χ0v) is 16.0. The van der Waals surface area contributed by atoms with E-state index in [1.165, 1.54) is 16.7 Å². The molecule has 27 heavy (non-hydrogen) atoms. The van der Waals surface area contributed by atoms with Crippen molar-refractivity contribution in [1.82, 2.24) is 4.90 Å². The average Bonchev–Trinajstić information content (AvgIpc) is 3.12. The summed E-state index contributed by atoms with van der Waals surface area (Å²) in [7, 11) is 0. The topological polar surface area (TPSA) is 30.9 Å². The number of ether oxygens (including phenoxy) is 3.